The summed E-state index contributed by atoms with van der Waals surface area (Å²) in [6, 6.07) is 15.1. The Balaban J connectivity index is 2.00. The first kappa shape index (κ1) is 20.3. The molecule has 0 bridgehead atoms. The van der Waals surface area contributed by atoms with Crippen molar-refractivity contribution in [2.75, 3.05) is 12.0 Å². The number of aromatic nitrogens is 1. The lowest BCUT2D eigenvalue weighted by Crippen LogP contribution is -2.30. The first-order valence-electron chi connectivity index (χ1n) is 9.86. The van der Waals surface area contributed by atoms with E-state index in [0.29, 0.717) is 22.6 Å². The molecule has 0 spiro atoms. The van der Waals surface area contributed by atoms with E-state index in [4.69, 9.17) is 4.74 Å². The number of para-hydroxylation sites is 1. The molecule has 0 radical (unpaired) electrons. The van der Waals surface area contributed by atoms with Crippen LogP contribution in [0.15, 0.2) is 72.6 Å². The number of anilines is 1. The number of nitrogens with zero attached hydrogens (tertiary/aromatic N) is 2. The van der Waals surface area contributed by atoms with Gasteiger partial charge in [0.15, 0.2) is 0 Å². The minimum Gasteiger partial charge on any atom is -0.507 e. The van der Waals surface area contributed by atoms with Gasteiger partial charge in [0, 0.05) is 18.1 Å². The number of ketones is 1. The fourth-order valence-corrected chi connectivity index (χ4v) is 3.92. The second kappa shape index (κ2) is 8.07. The lowest BCUT2D eigenvalue weighted by atomic mass is 9.95. The van der Waals surface area contributed by atoms with Crippen molar-refractivity contribution in [3.8, 4) is 5.75 Å². The van der Waals surface area contributed by atoms with Crippen LogP contribution in [0, 0.1) is 13.8 Å². The van der Waals surface area contributed by atoms with E-state index in [-0.39, 0.29) is 11.3 Å². The molecule has 1 aliphatic heterocycles. The Morgan fingerprint density at radius 1 is 1.00 bits per heavy atom. The molecule has 2 heterocycles. The molecule has 6 heteroatoms. The van der Waals surface area contributed by atoms with E-state index in [2.05, 4.69) is 4.98 Å². The molecule has 6 nitrogen and oxygen atoms in total. The van der Waals surface area contributed by atoms with Crippen molar-refractivity contribution < 1.29 is 19.4 Å². The van der Waals surface area contributed by atoms with Crippen molar-refractivity contribution in [2.24, 2.45) is 0 Å². The van der Waals surface area contributed by atoms with Crippen LogP contribution in [0.25, 0.3) is 5.76 Å². The molecule has 0 saturated carbocycles. The summed E-state index contributed by atoms with van der Waals surface area (Å²) in [6.07, 6.45) is 3.20. The molecule has 1 N–H and O–H groups in total. The topological polar surface area (TPSA) is 79.7 Å². The van der Waals surface area contributed by atoms with Crippen LogP contribution in [0.1, 0.15) is 28.3 Å². The van der Waals surface area contributed by atoms with Gasteiger partial charge in [-0.25, -0.2) is 0 Å². The highest BCUT2D eigenvalue weighted by molar-refractivity contribution is 6.51. The van der Waals surface area contributed by atoms with Crippen LogP contribution in [0.4, 0.5) is 5.69 Å². The molecule has 3 aromatic rings. The van der Waals surface area contributed by atoms with Gasteiger partial charge in [-0.3, -0.25) is 19.5 Å². The van der Waals surface area contributed by atoms with Crippen molar-refractivity contribution in [3.05, 3.63) is 94.8 Å². The number of amides is 1. The maximum absolute atomic E-state index is 13.2. The number of pyridine rings is 1. The van der Waals surface area contributed by atoms with Gasteiger partial charge in [-0.05, 0) is 60.9 Å². The van der Waals surface area contributed by atoms with Gasteiger partial charge in [-0.2, -0.15) is 0 Å². The molecule has 1 fully saturated rings. The third kappa shape index (κ3) is 3.36. The Morgan fingerprint density at radius 3 is 2.42 bits per heavy atom. The predicted molar refractivity (Wildman–Crippen MR) is 118 cm³/mol. The Kier molecular flexibility index (Phi) is 5.29. The highest BCUT2D eigenvalue weighted by Crippen LogP contribution is 2.44. The molecule has 4 rings (SSSR count). The number of benzene rings is 2. The van der Waals surface area contributed by atoms with Gasteiger partial charge < -0.3 is 9.84 Å². The zero-order chi connectivity index (χ0) is 22.1. The van der Waals surface area contributed by atoms with Crippen molar-refractivity contribution >= 4 is 23.1 Å². The predicted octanol–water partition coefficient (Wildman–Crippen LogP) is 4.33. The molecule has 1 atom stereocenters. The van der Waals surface area contributed by atoms with E-state index >= 15 is 0 Å². The molecular weight excluding hydrogens is 392 g/mol. The highest BCUT2D eigenvalue weighted by Gasteiger charge is 2.47. The summed E-state index contributed by atoms with van der Waals surface area (Å²) in [4.78, 5) is 32.0. The standard InChI is InChI=1S/C25H22N2O4/c1-15-7-6-9-19(16(15)2)27-22(17-11-13-26-14-12-17)21(24(29)25(27)30)23(28)18-8-4-5-10-20(18)31-3/h4-14,22,28H,1-3H3/b23-21+. The van der Waals surface area contributed by atoms with Crippen LogP contribution in [-0.2, 0) is 9.59 Å². The van der Waals surface area contributed by atoms with E-state index in [1.165, 1.54) is 12.0 Å². The Morgan fingerprint density at radius 2 is 1.71 bits per heavy atom. The van der Waals surface area contributed by atoms with Crippen molar-refractivity contribution in [1.82, 2.24) is 4.98 Å². The number of carbonyl (C=O) groups is 2. The summed E-state index contributed by atoms with van der Waals surface area (Å²) in [5, 5.41) is 11.2. The largest absolute Gasteiger partial charge is 0.507 e. The van der Waals surface area contributed by atoms with Crippen LogP contribution in [0.2, 0.25) is 0 Å². The summed E-state index contributed by atoms with van der Waals surface area (Å²) >= 11 is 0. The maximum atomic E-state index is 13.2. The van der Waals surface area contributed by atoms with Crippen molar-refractivity contribution in [2.45, 2.75) is 19.9 Å². The summed E-state index contributed by atoms with van der Waals surface area (Å²) in [5.41, 5.74) is 3.55. The van der Waals surface area contributed by atoms with E-state index in [0.717, 1.165) is 11.1 Å². The smallest absolute Gasteiger partial charge is 0.300 e. The van der Waals surface area contributed by atoms with E-state index < -0.39 is 17.7 Å². The summed E-state index contributed by atoms with van der Waals surface area (Å²) in [5.74, 6) is -1.30. The number of aliphatic hydroxyl groups excluding tert-OH is 1. The maximum Gasteiger partial charge on any atom is 0.300 e. The molecule has 1 aromatic heterocycles. The normalized spacial score (nSPS) is 17.8. The van der Waals surface area contributed by atoms with Gasteiger partial charge in [0.2, 0.25) is 0 Å². The van der Waals surface area contributed by atoms with Crippen LogP contribution in [0.5, 0.6) is 5.75 Å². The average Bonchev–Trinajstić information content (AvgIpc) is 3.06. The van der Waals surface area contributed by atoms with Gasteiger partial charge in [0.25, 0.3) is 11.7 Å². The molecule has 156 valence electrons. The van der Waals surface area contributed by atoms with Gasteiger partial charge in [-0.15, -0.1) is 0 Å². The summed E-state index contributed by atoms with van der Waals surface area (Å²) < 4.78 is 5.36. The minimum absolute atomic E-state index is 0.0154. The molecule has 2 aromatic carbocycles. The number of methoxy groups -OCH3 is 1. The second-order valence-electron chi connectivity index (χ2n) is 7.37. The number of hydrogen-bond donors (Lipinski definition) is 1. The third-order valence-electron chi connectivity index (χ3n) is 5.66. The summed E-state index contributed by atoms with van der Waals surface area (Å²) in [7, 11) is 1.49. The molecule has 1 unspecified atom stereocenters. The molecule has 31 heavy (non-hydrogen) atoms. The average molecular weight is 414 g/mol. The molecular formula is C25H22N2O4. The fourth-order valence-electron chi connectivity index (χ4n) is 3.92. The minimum atomic E-state index is -0.798. The number of rotatable bonds is 4. The highest BCUT2D eigenvalue weighted by atomic mass is 16.5. The Labute approximate surface area is 180 Å². The number of hydrogen-bond acceptors (Lipinski definition) is 5. The van der Waals surface area contributed by atoms with Crippen LogP contribution in [-0.4, -0.2) is 28.9 Å². The van der Waals surface area contributed by atoms with Crippen LogP contribution in [0.3, 0.4) is 0 Å². The number of carbonyl (C=O) groups excluding carboxylic acids is 2. The fraction of sp³-hybridized carbons (Fsp3) is 0.160. The van der Waals surface area contributed by atoms with Gasteiger partial charge in [-0.1, -0.05) is 24.3 Å². The molecule has 0 aliphatic carbocycles. The Hall–Kier alpha value is -3.93. The number of aryl methyl sites for hydroxylation is 1. The van der Waals surface area contributed by atoms with E-state index in [9.17, 15) is 14.7 Å². The third-order valence-corrected chi connectivity index (χ3v) is 5.66. The quantitative estimate of drug-likeness (QED) is 0.390. The summed E-state index contributed by atoms with van der Waals surface area (Å²) in [6.45, 7) is 3.86. The first-order chi connectivity index (χ1) is 15.0. The van der Waals surface area contributed by atoms with Gasteiger partial charge in [0.05, 0.1) is 24.3 Å². The first-order valence-corrected chi connectivity index (χ1v) is 9.86. The van der Waals surface area contributed by atoms with E-state index in [1.54, 1.807) is 48.8 Å². The van der Waals surface area contributed by atoms with Crippen molar-refractivity contribution in [1.29, 1.82) is 0 Å². The lowest BCUT2D eigenvalue weighted by Gasteiger charge is -2.27. The number of Topliss-reactive ketones (excluding diaryl/α,β-unsaturated/α-hetero) is 1. The van der Waals surface area contributed by atoms with Crippen molar-refractivity contribution in [3.63, 3.8) is 0 Å². The molecule has 1 saturated heterocycles. The molecule has 1 aliphatic rings. The lowest BCUT2D eigenvalue weighted by molar-refractivity contribution is -0.132. The number of ether oxygens (including phenoxy) is 1. The van der Waals surface area contributed by atoms with Gasteiger partial charge in [0.1, 0.15) is 11.5 Å². The Bertz CT molecular complexity index is 1200. The zero-order valence-electron chi connectivity index (χ0n) is 17.5. The number of aliphatic hydroxyl groups is 1. The van der Waals surface area contributed by atoms with Crippen LogP contribution >= 0.6 is 0 Å². The van der Waals surface area contributed by atoms with E-state index in [1.807, 2.05) is 32.0 Å². The molecule has 1 amide bonds. The van der Waals surface area contributed by atoms with Gasteiger partial charge >= 0.3 is 0 Å². The SMILES string of the molecule is COc1ccccc1/C(O)=C1\C(=O)C(=O)N(c2cccc(C)c2C)C1c1ccncc1. The monoisotopic (exact) mass is 414 g/mol. The second-order valence-corrected chi connectivity index (χ2v) is 7.37. The zero-order valence-corrected chi connectivity index (χ0v) is 17.5. The van der Waals surface area contributed by atoms with Crippen LogP contribution < -0.4 is 9.64 Å².